The number of hydrogen-bond donors (Lipinski definition) is 5. The molecule has 2 amide bonds. The Hall–Kier alpha value is -0.930. The SMILES string of the molecule is CC.COC1CC(O)C(O)C(CO)O1.NC(N)=O. The summed E-state index contributed by atoms with van der Waals surface area (Å²) in [5.74, 6) is 0. The summed E-state index contributed by atoms with van der Waals surface area (Å²) in [4.78, 5) is 9.00. The fourth-order valence-corrected chi connectivity index (χ4v) is 1.22. The number of rotatable bonds is 2. The molecule has 1 aliphatic heterocycles. The van der Waals surface area contributed by atoms with Gasteiger partial charge >= 0.3 is 6.03 Å². The van der Waals surface area contributed by atoms with E-state index in [9.17, 15) is 10.2 Å². The highest BCUT2D eigenvalue weighted by molar-refractivity contribution is 5.69. The molecule has 8 heteroatoms. The second kappa shape index (κ2) is 11.2. The highest BCUT2D eigenvalue weighted by Crippen LogP contribution is 2.20. The lowest BCUT2D eigenvalue weighted by Gasteiger charge is -2.35. The van der Waals surface area contributed by atoms with Gasteiger partial charge < -0.3 is 36.3 Å². The number of carbonyl (C=O) groups excluding carboxylic acids is 1. The van der Waals surface area contributed by atoms with Crippen LogP contribution in [0.4, 0.5) is 4.79 Å². The van der Waals surface area contributed by atoms with Crippen molar-refractivity contribution in [1.82, 2.24) is 0 Å². The van der Waals surface area contributed by atoms with E-state index >= 15 is 0 Å². The zero-order valence-corrected chi connectivity index (χ0v) is 10.9. The van der Waals surface area contributed by atoms with Crippen LogP contribution in [0.25, 0.3) is 0 Å². The summed E-state index contributed by atoms with van der Waals surface area (Å²) in [6.07, 6.45) is -2.98. The van der Waals surface area contributed by atoms with Crippen molar-refractivity contribution in [2.75, 3.05) is 13.7 Å². The van der Waals surface area contributed by atoms with Crippen molar-refractivity contribution in [1.29, 1.82) is 0 Å². The highest BCUT2D eigenvalue weighted by Gasteiger charge is 2.36. The molecule has 0 aliphatic carbocycles. The third-order valence-corrected chi connectivity index (χ3v) is 1.98. The van der Waals surface area contributed by atoms with Gasteiger partial charge in [0.05, 0.1) is 12.7 Å². The van der Waals surface area contributed by atoms with Gasteiger partial charge in [0.15, 0.2) is 6.29 Å². The van der Waals surface area contributed by atoms with Crippen molar-refractivity contribution >= 4 is 6.03 Å². The Labute approximate surface area is 106 Å². The van der Waals surface area contributed by atoms with Crippen LogP contribution in [0, 0.1) is 0 Å². The number of ether oxygens (including phenoxy) is 2. The quantitative estimate of drug-likeness (QED) is 0.412. The number of methoxy groups -OCH3 is 1. The normalized spacial score (nSPS) is 30.3. The van der Waals surface area contributed by atoms with E-state index in [4.69, 9.17) is 19.4 Å². The molecule has 0 radical (unpaired) electrons. The Kier molecular flexibility index (Phi) is 12.1. The molecule has 1 fully saturated rings. The van der Waals surface area contributed by atoms with Crippen LogP contribution in [-0.4, -0.2) is 59.7 Å². The van der Waals surface area contributed by atoms with E-state index in [1.165, 1.54) is 7.11 Å². The van der Waals surface area contributed by atoms with Crippen molar-refractivity contribution in [2.24, 2.45) is 11.5 Å². The van der Waals surface area contributed by atoms with E-state index in [2.05, 4.69) is 11.5 Å². The van der Waals surface area contributed by atoms with Crippen molar-refractivity contribution < 1.29 is 29.6 Å². The number of carbonyl (C=O) groups is 1. The lowest BCUT2D eigenvalue weighted by atomic mass is 10.0. The molecule has 1 heterocycles. The molecule has 1 saturated heterocycles. The molecule has 1 rings (SSSR count). The molecule has 0 bridgehead atoms. The first-order valence-corrected chi connectivity index (χ1v) is 5.62. The minimum Gasteiger partial charge on any atom is -0.394 e. The topological polar surface area (TPSA) is 148 Å². The third-order valence-electron chi connectivity index (χ3n) is 1.98. The maximum absolute atomic E-state index is 9.26. The monoisotopic (exact) mass is 268 g/mol. The van der Waals surface area contributed by atoms with Gasteiger partial charge in [0.25, 0.3) is 0 Å². The van der Waals surface area contributed by atoms with E-state index in [0.717, 1.165) is 0 Å². The first-order chi connectivity index (χ1) is 8.42. The number of primary amides is 2. The number of aliphatic hydroxyl groups is 3. The number of urea groups is 1. The Morgan fingerprint density at radius 1 is 1.39 bits per heavy atom. The Bertz CT molecular complexity index is 213. The first kappa shape index (κ1) is 19.4. The molecular weight excluding hydrogens is 244 g/mol. The van der Waals surface area contributed by atoms with Crippen LogP contribution >= 0.6 is 0 Å². The third kappa shape index (κ3) is 8.20. The summed E-state index contributed by atoms with van der Waals surface area (Å²) in [5.41, 5.74) is 8.50. The zero-order chi connectivity index (χ0) is 14.7. The number of hydrogen-bond acceptors (Lipinski definition) is 6. The van der Waals surface area contributed by atoms with Gasteiger partial charge in [-0.2, -0.15) is 0 Å². The standard InChI is InChI=1S/C7H14O5.C2H6.CH4N2O/c1-11-6-2-4(9)7(10)5(3-8)12-6;1-2;2-1(3)4/h4-10H,2-3H2,1H3;1-2H3;(H4,2,3,4). The summed E-state index contributed by atoms with van der Waals surface area (Å²) < 4.78 is 9.92. The maximum Gasteiger partial charge on any atom is 0.309 e. The summed E-state index contributed by atoms with van der Waals surface area (Å²) in [7, 11) is 1.45. The van der Waals surface area contributed by atoms with E-state index < -0.39 is 30.6 Å². The molecule has 1 aliphatic rings. The number of amides is 2. The van der Waals surface area contributed by atoms with Crippen molar-refractivity contribution in [3.05, 3.63) is 0 Å². The molecule has 110 valence electrons. The van der Waals surface area contributed by atoms with Crippen LogP contribution < -0.4 is 11.5 Å². The molecule has 8 nitrogen and oxygen atoms in total. The summed E-state index contributed by atoms with van der Waals surface area (Å²) in [6, 6.07) is -0.833. The highest BCUT2D eigenvalue weighted by atomic mass is 16.7. The molecule has 0 aromatic heterocycles. The lowest BCUT2D eigenvalue weighted by Crippen LogP contribution is -2.50. The smallest absolute Gasteiger partial charge is 0.309 e. The van der Waals surface area contributed by atoms with Crippen LogP contribution in [-0.2, 0) is 9.47 Å². The molecule has 0 aromatic rings. The van der Waals surface area contributed by atoms with Gasteiger partial charge in [0.2, 0.25) is 0 Å². The number of nitrogens with two attached hydrogens (primary N) is 2. The van der Waals surface area contributed by atoms with Gasteiger partial charge in [0, 0.05) is 13.5 Å². The molecule has 0 aromatic carbocycles. The van der Waals surface area contributed by atoms with Crippen molar-refractivity contribution in [2.45, 2.75) is 44.9 Å². The Morgan fingerprint density at radius 3 is 2.17 bits per heavy atom. The largest absolute Gasteiger partial charge is 0.394 e. The minimum absolute atomic E-state index is 0.230. The molecule has 18 heavy (non-hydrogen) atoms. The van der Waals surface area contributed by atoms with Crippen LogP contribution in [0.15, 0.2) is 0 Å². The molecule has 4 atom stereocenters. The summed E-state index contributed by atoms with van der Waals surface area (Å²) in [6.45, 7) is 3.68. The van der Waals surface area contributed by atoms with E-state index in [1.54, 1.807) is 0 Å². The first-order valence-electron chi connectivity index (χ1n) is 5.62. The van der Waals surface area contributed by atoms with E-state index in [-0.39, 0.29) is 13.0 Å². The summed E-state index contributed by atoms with van der Waals surface area (Å²) in [5, 5.41) is 27.3. The van der Waals surface area contributed by atoms with E-state index in [1.807, 2.05) is 13.8 Å². The van der Waals surface area contributed by atoms with E-state index in [0.29, 0.717) is 0 Å². The maximum atomic E-state index is 9.26. The van der Waals surface area contributed by atoms with Crippen molar-refractivity contribution in [3.63, 3.8) is 0 Å². The fraction of sp³-hybridized carbons (Fsp3) is 0.900. The fourth-order valence-electron chi connectivity index (χ4n) is 1.22. The molecule has 0 spiro atoms. The number of aliphatic hydroxyl groups excluding tert-OH is 3. The molecular formula is C10H24N2O6. The van der Waals surface area contributed by atoms with Gasteiger partial charge in [0.1, 0.15) is 12.2 Å². The van der Waals surface area contributed by atoms with Gasteiger partial charge in [-0.15, -0.1) is 0 Å². The minimum atomic E-state index is -1.03. The Morgan fingerprint density at radius 2 is 1.83 bits per heavy atom. The van der Waals surface area contributed by atoms with Crippen LogP contribution in [0.2, 0.25) is 0 Å². The second-order valence-corrected chi connectivity index (χ2v) is 3.22. The average molecular weight is 268 g/mol. The average Bonchev–Trinajstić information content (AvgIpc) is 2.34. The van der Waals surface area contributed by atoms with Gasteiger partial charge in [-0.25, -0.2) is 4.79 Å². The second-order valence-electron chi connectivity index (χ2n) is 3.22. The predicted molar refractivity (Wildman–Crippen MR) is 64.5 cm³/mol. The van der Waals surface area contributed by atoms with Crippen LogP contribution in [0.3, 0.4) is 0 Å². The predicted octanol–water partition coefficient (Wildman–Crippen LogP) is -1.49. The summed E-state index contributed by atoms with van der Waals surface area (Å²) >= 11 is 0. The zero-order valence-electron chi connectivity index (χ0n) is 10.9. The Balaban J connectivity index is 0. The molecule has 7 N–H and O–H groups in total. The molecule has 0 saturated carbocycles. The molecule has 4 unspecified atom stereocenters. The van der Waals surface area contributed by atoms with Gasteiger partial charge in [-0.1, -0.05) is 13.8 Å². The van der Waals surface area contributed by atoms with Gasteiger partial charge in [-0.3, -0.25) is 0 Å². The lowest BCUT2D eigenvalue weighted by molar-refractivity contribution is -0.248. The van der Waals surface area contributed by atoms with Crippen LogP contribution in [0.5, 0.6) is 0 Å². The van der Waals surface area contributed by atoms with Crippen LogP contribution in [0.1, 0.15) is 20.3 Å². The van der Waals surface area contributed by atoms with Crippen molar-refractivity contribution in [3.8, 4) is 0 Å². The van der Waals surface area contributed by atoms with Gasteiger partial charge in [-0.05, 0) is 0 Å².